The molecule has 11 heteroatoms. The first kappa shape index (κ1) is 22.8. The molecule has 0 bridgehead atoms. The van der Waals surface area contributed by atoms with Crippen LogP contribution >= 0.6 is 0 Å². The molecule has 0 radical (unpaired) electrons. The minimum Gasteiger partial charge on any atom is -0.479 e. The number of rotatable bonds is 5. The van der Waals surface area contributed by atoms with Crippen LogP contribution in [0.15, 0.2) is 42.9 Å². The third kappa shape index (κ3) is 4.41. The third-order valence-electron chi connectivity index (χ3n) is 5.80. The molecule has 0 fully saturated rings. The van der Waals surface area contributed by atoms with Crippen molar-refractivity contribution in [2.24, 2.45) is 0 Å². The summed E-state index contributed by atoms with van der Waals surface area (Å²) in [7, 11) is 1.52. The summed E-state index contributed by atoms with van der Waals surface area (Å²) in [6.07, 6.45) is 2.60. The molecule has 0 spiro atoms. The predicted molar refractivity (Wildman–Crippen MR) is 119 cm³/mol. The van der Waals surface area contributed by atoms with Gasteiger partial charge in [0.1, 0.15) is 17.3 Å². The van der Waals surface area contributed by atoms with E-state index in [-0.39, 0.29) is 5.56 Å². The van der Waals surface area contributed by atoms with Crippen LogP contribution in [-0.2, 0) is 12.7 Å². The second-order valence-corrected chi connectivity index (χ2v) is 8.14. The summed E-state index contributed by atoms with van der Waals surface area (Å²) in [5, 5.41) is 4.38. The molecule has 0 saturated carbocycles. The summed E-state index contributed by atoms with van der Waals surface area (Å²) in [4.78, 5) is 13.1. The summed E-state index contributed by atoms with van der Waals surface area (Å²) in [6.45, 7) is 2.27. The topological polar surface area (TPSA) is 70.7 Å². The SMILES string of the molecule is COc1nc(C=Cc2nc3n(n2)CC[C@@H]3c2cc(F)ccc2C(F)(F)F)ccc1-n1cnc(C)c1. The monoisotopic (exact) mass is 484 g/mol. The van der Waals surface area contributed by atoms with Crippen LogP contribution in [0.2, 0.25) is 0 Å². The maximum Gasteiger partial charge on any atom is 0.416 e. The number of hydrogen-bond acceptors (Lipinski definition) is 5. The predicted octanol–water partition coefficient (Wildman–Crippen LogP) is 5.04. The van der Waals surface area contributed by atoms with Gasteiger partial charge in [0.15, 0.2) is 5.82 Å². The van der Waals surface area contributed by atoms with Crippen LogP contribution in [0, 0.1) is 12.7 Å². The Kier molecular flexibility index (Phi) is 5.62. The first-order valence-electron chi connectivity index (χ1n) is 10.8. The number of fused-ring (bicyclic) bond motifs is 1. The molecule has 1 aromatic carbocycles. The number of hydrogen-bond donors (Lipinski definition) is 0. The Morgan fingerprint density at radius 2 is 1.94 bits per heavy atom. The zero-order valence-corrected chi connectivity index (χ0v) is 18.8. The zero-order valence-electron chi connectivity index (χ0n) is 18.8. The molecule has 0 N–H and O–H groups in total. The molecule has 4 heterocycles. The van der Waals surface area contributed by atoms with E-state index in [1.54, 1.807) is 33.8 Å². The van der Waals surface area contributed by atoms with E-state index in [4.69, 9.17) is 4.74 Å². The van der Waals surface area contributed by atoms with Crippen molar-refractivity contribution in [3.05, 3.63) is 82.8 Å². The van der Waals surface area contributed by atoms with Gasteiger partial charge in [-0.3, -0.25) is 0 Å². The number of aryl methyl sites for hydroxylation is 2. The molecule has 180 valence electrons. The van der Waals surface area contributed by atoms with Crippen LogP contribution in [0.4, 0.5) is 17.6 Å². The Hall–Kier alpha value is -4.02. The van der Waals surface area contributed by atoms with Crippen molar-refractivity contribution in [3.8, 4) is 11.6 Å². The minimum atomic E-state index is -4.59. The van der Waals surface area contributed by atoms with Crippen LogP contribution in [0.1, 0.15) is 46.5 Å². The number of methoxy groups -OCH3 is 1. The molecule has 0 amide bonds. The highest BCUT2D eigenvalue weighted by Gasteiger charge is 2.38. The van der Waals surface area contributed by atoms with Crippen LogP contribution in [0.5, 0.6) is 5.88 Å². The van der Waals surface area contributed by atoms with Crippen molar-refractivity contribution >= 4 is 12.2 Å². The summed E-state index contributed by atoms with van der Waals surface area (Å²) in [5.74, 6) is -0.328. The van der Waals surface area contributed by atoms with Gasteiger partial charge in [-0.2, -0.15) is 18.3 Å². The van der Waals surface area contributed by atoms with Crippen molar-refractivity contribution in [3.63, 3.8) is 0 Å². The highest BCUT2D eigenvalue weighted by Crippen LogP contribution is 2.41. The fourth-order valence-electron chi connectivity index (χ4n) is 4.22. The van der Waals surface area contributed by atoms with Gasteiger partial charge in [0.2, 0.25) is 5.88 Å². The minimum absolute atomic E-state index is 0.129. The highest BCUT2D eigenvalue weighted by atomic mass is 19.4. The molecule has 4 aromatic rings. The van der Waals surface area contributed by atoms with Crippen molar-refractivity contribution in [1.29, 1.82) is 0 Å². The van der Waals surface area contributed by atoms with Crippen molar-refractivity contribution in [1.82, 2.24) is 29.3 Å². The Labute approximate surface area is 197 Å². The Bertz CT molecular complexity index is 1420. The third-order valence-corrected chi connectivity index (χ3v) is 5.80. The summed E-state index contributed by atoms with van der Waals surface area (Å²) >= 11 is 0. The summed E-state index contributed by atoms with van der Waals surface area (Å²) in [5.41, 5.74) is 1.17. The van der Waals surface area contributed by atoms with Gasteiger partial charge in [-0.15, -0.1) is 0 Å². The summed E-state index contributed by atoms with van der Waals surface area (Å²) < 4.78 is 63.2. The van der Waals surface area contributed by atoms with E-state index in [1.807, 2.05) is 19.2 Å². The number of benzene rings is 1. The van der Waals surface area contributed by atoms with E-state index in [0.717, 1.165) is 29.6 Å². The van der Waals surface area contributed by atoms with Crippen molar-refractivity contribution in [2.75, 3.05) is 7.11 Å². The molecular weight excluding hydrogens is 464 g/mol. The van der Waals surface area contributed by atoms with E-state index in [9.17, 15) is 17.6 Å². The van der Waals surface area contributed by atoms with Gasteiger partial charge < -0.3 is 9.30 Å². The van der Waals surface area contributed by atoms with Gasteiger partial charge in [0.25, 0.3) is 0 Å². The van der Waals surface area contributed by atoms with E-state index >= 15 is 0 Å². The first-order chi connectivity index (χ1) is 16.7. The van der Waals surface area contributed by atoms with Gasteiger partial charge in [-0.05, 0) is 61.4 Å². The van der Waals surface area contributed by atoms with Crippen molar-refractivity contribution < 1.29 is 22.3 Å². The van der Waals surface area contributed by atoms with E-state index in [0.29, 0.717) is 36.2 Å². The second-order valence-electron chi connectivity index (χ2n) is 8.14. The molecule has 1 aliphatic heterocycles. The highest BCUT2D eigenvalue weighted by molar-refractivity contribution is 5.65. The largest absolute Gasteiger partial charge is 0.479 e. The smallest absolute Gasteiger partial charge is 0.416 e. The molecule has 0 aliphatic carbocycles. The van der Waals surface area contributed by atoms with Crippen LogP contribution < -0.4 is 4.74 Å². The molecule has 0 saturated heterocycles. The Balaban J connectivity index is 1.42. The molecule has 0 unspecified atom stereocenters. The van der Waals surface area contributed by atoms with Gasteiger partial charge in [-0.25, -0.2) is 24.0 Å². The number of imidazole rings is 1. The quantitative estimate of drug-likeness (QED) is 0.371. The zero-order chi connectivity index (χ0) is 24.7. The van der Waals surface area contributed by atoms with E-state index in [2.05, 4.69) is 20.1 Å². The average Bonchev–Trinajstić information content (AvgIpc) is 3.52. The molecule has 3 aromatic heterocycles. The van der Waals surface area contributed by atoms with Crippen LogP contribution in [-0.4, -0.2) is 36.4 Å². The molecule has 1 atom stereocenters. The maximum atomic E-state index is 13.8. The first-order valence-corrected chi connectivity index (χ1v) is 10.8. The van der Waals surface area contributed by atoms with Gasteiger partial charge in [0, 0.05) is 18.7 Å². The summed E-state index contributed by atoms with van der Waals surface area (Å²) in [6, 6.07) is 6.16. The van der Waals surface area contributed by atoms with Gasteiger partial charge >= 0.3 is 6.18 Å². The van der Waals surface area contributed by atoms with Crippen molar-refractivity contribution in [2.45, 2.75) is 32.0 Å². The molecular formula is C24H20F4N6O. The number of nitrogens with zero attached hydrogens (tertiary/aromatic N) is 6. The lowest BCUT2D eigenvalue weighted by Crippen LogP contribution is -2.12. The molecule has 5 rings (SSSR count). The lowest BCUT2D eigenvalue weighted by molar-refractivity contribution is -0.138. The number of halogens is 4. The molecule has 1 aliphatic rings. The van der Waals surface area contributed by atoms with Gasteiger partial charge in [-0.1, -0.05) is 0 Å². The molecule has 7 nitrogen and oxygen atoms in total. The fraction of sp³-hybridized carbons (Fsp3) is 0.250. The van der Waals surface area contributed by atoms with E-state index < -0.39 is 23.5 Å². The van der Waals surface area contributed by atoms with Crippen LogP contribution in [0.25, 0.3) is 17.8 Å². The second kappa shape index (κ2) is 8.64. The lowest BCUT2D eigenvalue weighted by Gasteiger charge is -2.16. The molecule has 35 heavy (non-hydrogen) atoms. The van der Waals surface area contributed by atoms with E-state index in [1.165, 1.54) is 7.11 Å². The fourth-order valence-corrected chi connectivity index (χ4v) is 4.22. The lowest BCUT2D eigenvalue weighted by atomic mass is 9.92. The Morgan fingerprint density at radius 3 is 2.66 bits per heavy atom. The number of pyridine rings is 1. The van der Waals surface area contributed by atoms with Crippen LogP contribution in [0.3, 0.4) is 0 Å². The number of ether oxygens (including phenoxy) is 1. The standard InChI is InChI=1S/C24H20F4N6O/c1-14-12-33(13-29-14)20-7-4-16(30-23(20)35-2)5-8-21-31-22-17(9-10-34(22)32-21)18-11-15(25)3-6-19(18)24(26,27)28/h3-8,11-13,17H,9-10H2,1-2H3/t17-/m1/s1. The average molecular weight is 484 g/mol. The number of alkyl halides is 3. The number of aromatic nitrogens is 6. The Morgan fingerprint density at radius 1 is 1.11 bits per heavy atom. The normalized spacial score (nSPS) is 15.7. The maximum absolute atomic E-state index is 13.8. The van der Waals surface area contributed by atoms with Gasteiger partial charge in [0.05, 0.1) is 30.4 Å².